The summed E-state index contributed by atoms with van der Waals surface area (Å²) in [5.74, 6) is -3.07. The molecule has 1 N–H and O–H groups in total. The molecule has 1 unspecified atom stereocenters. The zero-order valence-corrected chi connectivity index (χ0v) is 16.3. The van der Waals surface area contributed by atoms with Gasteiger partial charge in [-0.2, -0.15) is 13.2 Å². The highest BCUT2D eigenvalue weighted by atomic mass is 35.5. The van der Waals surface area contributed by atoms with Gasteiger partial charge in [0, 0.05) is 29.1 Å². The molecule has 0 aromatic heterocycles. The Kier molecular flexibility index (Phi) is 5.53. The van der Waals surface area contributed by atoms with Crippen LogP contribution in [0.4, 0.5) is 18.9 Å². The van der Waals surface area contributed by atoms with E-state index in [1.165, 1.54) is 0 Å². The van der Waals surface area contributed by atoms with E-state index in [0.717, 1.165) is 31.3 Å². The highest BCUT2D eigenvalue weighted by molar-refractivity contribution is 6.20. The maximum Gasteiger partial charge on any atom is 0.471 e. The number of benzene rings is 1. The molecule has 1 aromatic rings. The number of fused-ring (bicyclic) bond motifs is 3. The highest BCUT2D eigenvalue weighted by Gasteiger charge is 2.52. The molecule has 1 aromatic carbocycles. The van der Waals surface area contributed by atoms with Crippen molar-refractivity contribution in [2.24, 2.45) is 0 Å². The number of ether oxygens (including phenoxy) is 1. The largest absolute Gasteiger partial charge is 0.471 e. The zero-order chi connectivity index (χ0) is 20.7. The van der Waals surface area contributed by atoms with Crippen molar-refractivity contribution >= 4 is 29.2 Å². The summed E-state index contributed by atoms with van der Waals surface area (Å²) in [5.41, 5.74) is 1.24. The number of carbonyl (C=O) groups is 2. The fraction of sp³-hybridized carbons (Fsp3) is 0.579. The van der Waals surface area contributed by atoms with Crippen molar-refractivity contribution in [2.75, 3.05) is 18.6 Å². The SMILES string of the molecule is COC(=O)C(C[C@@]1(C)c2ccccc2N2CC[C@H](Cl)C[C@@H]21)NC(=O)C(F)(F)F. The minimum absolute atomic E-state index is 0.0245. The molecule has 4 atom stereocenters. The highest BCUT2D eigenvalue weighted by Crippen LogP contribution is 2.51. The molecule has 0 aliphatic carbocycles. The predicted octanol–water partition coefficient (Wildman–Crippen LogP) is 3.14. The lowest BCUT2D eigenvalue weighted by Crippen LogP contribution is -2.54. The lowest BCUT2D eigenvalue weighted by atomic mass is 9.71. The van der Waals surface area contributed by atoms with Crippen molar-refractivity contribution in [1.29, 1.82) is 0 Å². The van der Waals surface area contributed by atoms with E-state index in [0.29, 0.717) is 6.42 Å². The summed E-state index contributed by atoms with van der Waals surface area (Å²) in [7, 11) is 1.09. The molecule has 9 heteroatoms. The standard InChI is InChI=1S/C19H22ClF3N2O3/c1-18(10-13(16(26)28-2)24-17(27)19(21,22)23)12-5-3-4-6-14(12)25-8-7-11(20)9-15(18)25/h3-6,11,13,15H,7-10H2,1-2H3,(H,24,27)/t11-,13?,15+,18-/m0/s1. The van der Waals surface area contributed by atoms with Crippen LogP contribution in [0.1, 0.15) is 31.7 Å². The Balaban J connectivity index is 1.96. The number of anilines is 1. The molecule has 1 amide bonds. The van der Waals surface area contributed by atoms with Gasteiger partial charge in [0.15, 0.2) is 0 Å². The van der Waals surface area contributed by atoms with Crippen molar-refractivity contribution in [3.63, 3.8) is 0 Å². The van der Waals surface area contributed by atoms with E-state index in [1.807, 2.05) is 36.5 Å². The Morgan fingerprint density at radius 2 is 2.07 bits per heavy atom. The third-order valence-electron chi connectivity index (χ3n) is 5.78. The second-order valence-electron chi connectivity index (χ2n) is 7.52. The summed E-state index contributed by atoms with van der Waals surface area (Å²) in [6, 6.07) is 6.12. The molecular weight excluding hydrogens is 397 g/mol. The number of esters is 1. The Labute approximate surface area is 166 Å². The predicted molar refractivity (Wildman–Crippen MR) is 98.4 cm³/mol. The first-order chi connectivity index (χ1) is 13.1. The van der Waals surface area contributed by atoms with Gasteiger partial charge in [0.25, 0.3) is 0 Å². The van der Waals surface area contributed by atoms with Crippen LogP contribution >= 0.6 is 11.6 Å². The number of methoxy groups -OCH3 is 1. The third-order valence-corrected chi connectivity index (χ3v) is 6.18. The Hall–Kier alpha value is -1.96. The second kappa shape index (κ2) is 7.46. The lowest BCUT2D eigenvalue weighted by molar-refractivity contribution is -0.176. The number of alkyl halides is 4. The van der Waals surface area contributed by atoms with E-state index in [-0.39, 0.29) is 17.8 Å². The molecule has 0 radical (unpaired) electrons. The molecule has 154 valence electrons. The number of amides is 1. The van der Waals surface area contributed by atoms with Crippen LogP contribution in [0, 0.1) is 0 Å². The average molecular weight is 419 g/mol. The number of hydrogen-bond acceptors (Lipinski definition) is 4. The van der Waals surface area contributed by atoms with Crippen LogP contribution in [0.2, 0.25) is 0 Å². The summed E-state index contributed by atoms with van der Waals surface area (Å²) >= 11 is 6.39. The molecule has 0 saturated carbocycles. The second-order valence-corrected chi connectivity index (χ2v) is 8.13. The van der Waals surface area contributed by atoms with Crippen molar-refractivity contribution in [1.82, 2.24) is 5.32 Å². The third kappa shape index (κ3) is 3.66. The van der Waals surface area contributed by atoms with Crippen LogP contribution in [0.5, 0.6) is 0 Å². The molecule has 1 fully saturated rings. The van der Waals surface area contributed by atoms with Crippen LogP contribution < -0.4 is 10.2 Å². The molecule has 0 bridgehead atoms. The van der Waals surface area contributed by atoms with Gasteiger partial charge < -0.3 is 15.0 Å². The molecule has 28 heavy (non-hydrogen) atoms. The molecule has 1 saturated heterocycles. The fourth-order valence-electron chi connectivity index (χ4n) is 4.45. The number of hydrogen-bond donors (Lipinski definition) is 1. The maximum absolute atomic E-state index is 12.8. The van der Waals surface area contributed by atoms with Gasteiger partial charge in [0.1, 0.15) is 6.04 Å². The summed E-state index contributed by atoms with van der Waals surface area (Å²) in [5, 5.41) is 1.75. The first-order valence-electron chi connectivity index (χ1n) is 9.03. The van der Waals surface area contributed by atoms with Gasteiger partial charge in [-0.05, 0) is 30.9 Å². The summed E-state index contributed by atoms with van der Waals surface area (Å²) < 4.78 is 42.9. The number of piperidine rings is 1. The van der Waals surface area contributed by atoms with E-state index >= 15 is 0 Å². The van der Waals surface area contributed by atoms with Gasteiger partial charge in [-0.1, -0.05) is 25.1 Å². The Bertz CT molecular complexity index is 773. The van der Waals surface area contributed by atoms with Crippen LogP contribution in [-0.4, -0.2) is 49.2 Å². The summed E-state index contributed by atoms with van der Waals surface area (Å²) in [6.45, 7) is 2.63. The monoisotopic (exact) mass is 418 g/mol. The summed E-state index contributed by atoms with van der Waals surface area (Å²) in [4.78, 5) is 25.9. The van der Waals surface area contributed by atoms with E-state index in [2.05, 4.69) is 9.64 Å². The van der Waals surface area contributed by atoms with Gasteiger partial charge in [0.05, 0.1) is 7.11 Å². The average Bonchev–Trinajstić information content (AvgIpc) is 2.88. The maximum atomic E-state index is 12.8. The van der Waals surface area contributed by atoms with Crippen LogP contribution in [-0.2, 0) is 19.7 Å². The molecule has 2 aliphatic heterocycles. The first kappa shape index (κ1) is 20.8. The Morgan fingerprint density at radius 1 is 1.39 bits per heavy atom. The molecular formula is C19H22ClF3N2O3. The van der Waals surface area contributed by atoms with E-state index in [4.69, 9.17) is 11.6 Å². The smallest absolute Gasteiger partial charge is 0.467 e. The van der Waals surface area contributed by atoms with Crippen LogP contribution in [0.25, 0.3) is 0 Å². The number of rotatable bonds is 4. The van der Waals surface area contributed by atoms with Crippen molar-refractivity contribution in [3.8, 4) is 0 Å². The number of nitrogens with zero attached hydrogens (tertiary/aromatic N) is 1. The van der Waals surface area contributed by atoms with E-state index in [1.54, 1.807) is 0 Å². The number of nitrogens with one attached hydrogen (secondary N) is 1. The van der Waals surface area contributed by atoms with E-state index < -0.39 is 29.5 Å². The molecule has 3 rings (SSSR count). The first-order valence-corrected chi connectivity index (χ1v) is 9.47. The molecule has 2 aliphatic rings. The van der Waals surface area contributed by atoms with Gasteiger partial charge in [-0.25, -0.2) is 4.79 Å². The van der Waals surface area contributed by atoms with Crippen molar-refractivity contribution in [3.05, 3.63) is 29.8 Å². The van der Waals surface area contributed by atoms with Gasteiger partial charge in [0.2, 0.25) is 0 Å². The van der Waals surface area contributed by atoms with Gasteiger partial charge in [-0.3, -0.25) is 4.79 Å². The number of para-hydroxylation sites is 1. The van der Waals surface area contributed by atoms with Gasteiger partial charge >= 0.3 is 18.1 Å². The zero-order valence-electron chi connectivity index (χ0n) is 15.6. The van der Waals surface area contributed by atoms with Crippen LogP contribution in [0.15, 0.2) is 24.3 Å². The quantitative estimate of drug-likeness (QED) is 0.603. The molecule has 0 spiro atoms. The van der Waals surface area contributed by atoms with Crippen molar-refractivity contribution in [2.45, 2.75) is 55.2 Å². The normalized spacial score (nSPS) is 27.6. The minimum atomic E-state index is -5.08. The lowest BCUT2D eigenvalue weighted by Gasteiger charge is -2.42. The topological polar surface area (TPSA) is 58.6 Å². The van der Waals surface area contributed by atoms with Crippen molar-refractivity contribution < 1.29 is 27.5 Å². The fourth-order valence-corrected chi connectivity index (χ4v) is 4.71. The number of carbonyl (C=O) groups excluding carboxylic acids is 2. The van der Waals surface area contributed by atoms with Gasteiger partial charge in [-0.15, -0.1) is 11.6 Å². The van der Waals surface area contributed by atoms with E-state index in [9.17, 15) is 22.8 Å². The van der Waals surface area contributed by atoms with Crippen LogP contribution in [0.3, 0.4) is 0 Å². The number of halogens is 4. The minimum Gasteiger partial charge on any atom is -0.467 e. The Morgan fingerprint density at radius 3 is 2.71 bits per heavy atom. The summed E-state index contributed by atoms with van der Waals surface area (Å²) in [6.07, 6.45) is -3.68. The molecule has 2 heterocycles. The molecule has 5 nitrogen and oxygen atoms in total.